The van der Waals surface area contributed by atoms with Crippen LogP contribution >= 0.6 is 47.8 Å². The van der Waals surface area contributed by atoms with Crippen molar-refractivity contribution in [3.8, 4) is 0 Å². The summed E-state index contributed by atoms with van der Waals surface area (Å²) in [5, 5.41) is 16.7. The van der Waals surface area contributed by atoms with Crippen LogP contribution in [0.15, 0.2) is 35.7 Å². The summed E-state index contributed by atoms with van der Waals surface area (Å²) in [5.74, 6) is 0. The molecule has 2 aromatic rings. The van der Waals surface area contributed by atoms with Gasteiger partial charge in [0.1, 0.15) is 5.02 Å². The van der Waals surface area contributed by atoms with Crippen LogP contribution in [0.5, 0.6) is 0 Å². The van der Waals surface area contributed by atoms with Gasteiger partial charge in [-0.2, -0.15) is 0 Å². The van der Waals surface area contributed by atoms with Gasteiger partial charge in [-0.3, -0.25) is 15.0 Å². The molecule has 0 bridgehead atoms. The van der Waals surface area contributed by atoms with Gasteiger partial charge in [0.15, 0.2) is 0 Å². The minimum atomic E-state index is -0.422. The fourth-order valence-electron chi connectivity index (χ4n) is 2.78. The maximum absolute atomic E-state index is 11.2. The van der Waals surface area contributed by atoms with E-state index >= 15 is 0 Å². The zero-order valence-electron chi connectivity index (χ0n) is 12.7. The van der Waals surface area contributed by atoms with E-state index in [1.54, 1.807) is 23.5 Å². The summed E-state index contributed by atoms with van der Waals surface area (Å²) in [7, 11) is 0. The van der Waals surface area contributed by atoms with Gasteiger partial charge in [-0.1, -0.05) is 23.7 Å². The number of nitrogens with one attached hydrogen (secondary N) is 1. The molecule has 0 radical (unpaired) electrons. The first-order valence-electron chi connectivity index (χ1n) is 7.09. The standard InChI is InChI=1S/C15H16ClN3O2S.2ClH/c16-12-4-3-11(10-13(12)19(20)21)15(14-2-1-9-22-14)18-7-5-17-6-8-18;;/h1-4,9-10,15,17H,5-8H2;2*1H/t15-;;/m0../s1. The van der Waals surface area contributed by atoms with Gasteiger partial charge in [0.2, 0.25) is 0 Å². The summed E-state index contributed by atoms with van der Waals surface area (Å²) in [6.45, 7) is 3.69. The van der Waals surface area contributed by atoms with Gasteiger partial charge in [-0.25, -0.2) is 0 Å². The van der Waals surface area contributed by atoms with Gasteiger partial charge < -0.3 is 5.32 Å². The Morgan fingerprint density at radius 2 is 1.96 bits per heavy atom. The third-order valence-corrected chi connectivity index (χ3v) is 5.06. The van der Waals surface area contributed by atoms with E-state index in [2.05, 4.69) is 16.3 Å². The highest BCUT2D eigenvalue weighted by Gasteiger charge is 2.26. The molecule has 0 unspecified atom stereocenters. The van der Waals surface area contributed by atoms with Crippen LogP contribution in [0.25, 0.3) is 0 Å². The van der Waals surface area contributed by atoms with E-state index in [9.17, 15) is 10.1 Å². The zero-order chi connectivity index (χ0) is 15.5. The molecule has 1 saturated heterocycles. The molecule has 9 heteroatoms. The van der Waals surface area contributed by atoms with Crippen LogP contribution in [0.4, 0.5) is 5.69 Å². The number of piperazine rings is 1. The second-order valence-corrected chi connectivity index (χ2v) is 6.56. The number of rotatable bonds is 4. The maximum atomic E-state index is 11.2. The molecule has 3 rings (SSSR count). The molecule has 5 nitrogen and oxygen atoms in total. The van der Waals surface area contributed by atoms with Crippen molar-refractivity contribution in [3.05, 3.63) is 61.3 Å². The molecule has 1 fully saturated rings. The first-order chi connectivity index (χ1) is 10.7. The normalized spacial score (nSPS) is 15.9. The third-order valence-electron chi connectivity index (χ3n) is 3.81. The van der Waals surface area contributed by atoms with Crippen molar-refractivity contribution in [1.82, 2.24) is 10.2 Å². The summed E-state index contributed by atoms with van der Waals surface area (Å²) in [6, 6.07) is 9.25. The molecule has 1 aliphatic rings. The van der Waals surface area contributed by atoms with E-state index in [0.29, 0.717) is 0 Å². The zero-order valence-corrected chi connectivity index (χ0v) is 15.9. The van der Waals surface area contributed by atoms with Crippen LogP contribution in [0.1, 0.15) is 16.5 Å². The Morgan fingerprint density at radius 3 is 2.54 bits per heavy atom. The van der Waals surface area contributed by atoms with Gasteiger partial charge in [0.25, 0.3) is 5.69 Å². The number of thiophene rings is 1. The Hall–Kier alpha value is -0.890. The van der Waals surface area contributed by atoms with Crippen molar-refractivity contribution in [3.63, 3.8) is 0 Å². The average molecular weight is 411 g/mol. The van der Waals surface area contributed by atoms with Crippen molar-refractivity contribution >= 4 is 53.4 Å². The van der Waals surface area contributed by atoms with Crippen molar-refractivity contribution in [2.75, 3.05) is 26.2 Å². The summed E-state index contributed by atoms with van der Waals surface area (Å²) >= 11 is 7.62. The SMILES string of the molecule is Cl.Cl.O=[N+]([O-])c1cc([C@@H](c2cccs2)N2CCNCC2)ccc1Cl. The quantitative estimate of drug-likeness (QED) is 0.608. The van der Waals surface area contributed by atoms with Crippen molar-refractivity contribution in [1.29, 1.82) is 0 Å². The lowest BCUT2D eigenvalue weighted by molar-refractivity contribution is -0.384. The van der Waals surface area contributed by atoms with Crippen molar-refractivity contribution < 1.29 is 4.92 Å². The topological polar surface area (TPSA) is 58.4 Å². The van der Waals surface area contributed by atoms with Gasteiger partial charge >= 0.3 is 0 Å². The lowest BCUT2D eigenvalue weighted by Crippen LogP contribution is -2.45. The molecule has 2 heterocycles. The molecule has 0 aliphatic carbocycles. The molecular weight excluding hydrogens is 393 g/mol. The first-order valence-corrected chi connectivity index (χ1v) is 8.34. The summed E-state index contributed by atoms with van der Waals surface area (Å²) in [5.41, 5.74) is 0.885. The van der Waals surface area contributed by atoms with Gasteiger partial charge in [0.05, 0.1) is 11.0 Å². The fourth-order valence-corrected chi connectivity index (χ4v) is 3.85. The first kappa shape index (κ1) is 21.2. The van der Waals surface area contributed by atoms with Gasteiger partial charge in [-0.05, 0) is 23.1 Å². The highest BCUT2D eigenvalue weighted by molar-refractivity contribution is 7.10. The largest absolute Gasteiger partial charge is 0.314 e. The Balaban J connectivity index is 0.00000144. The lowest BCUT2D eigenvalue weighted by atomic mass is 10.0. The van der Waals surface area contributed by atoms with Crippen LogP contribution < -0.4 is 5.32 Å². The predicted molar refractivity (Wildman–Crippen MR) is 103 cm³/mol. The van der Waals surface area contributed by atoms with Crippen LogP contribution in [-0.4, -0.2) is 36.0 Å². The Morgan fingerprint density at radius 1 is 1.25 bits per heavy atom. The number of benzene rings is 1. The third kappa shape index (κ3) is 4.59. The maximum Gasteiger partial charge on any atom is 0.288 e. The fraction of sp³-hybridized carbons (Fsp3) is 0.333. The second-order valence-electron chi connectivity index (χ2n) is 5.17. The van der Waals surface area contributed by atoms with Crippen molar-refractivity contribution in [2.45, 2.75) is 6.04 Å². The summed E-state index contributed by atoms with van der Waals surface area (Å²) < 4.78 is 0. The molecular formula is C15H18Cl3N3O2S. The molecule has 132 valence electrons. The Kier molecular flexibility index (Phi) is 8.42. The lowest BCUT2D eigenvalue weighted by Gasteiger charge is -2.34. The Labute approximate surface area is 162 Å². The predicted octanol–water partition coefficient (Wildman–Crippen LogP) is 4.15. The second kappa shape index (κ2) is 9.56. The van der Waals surface area contributed by atoms with E-state index in [1.807, 2.05) is 17.5 Å². The molecule has 0 spiro atoms. The minimum absolute atomic E-state index is 0. The van der Waals surface area contributed by atoms with Crippen LogP contribution in [0.2, 0.25) is 5.02 Å². The van der Waals surface area contributed by atoms with Gasteiger partial charge in [-0.15, -0.1) is 36.2 Å². The highest BCUT2D eigenvalue weighted by atomic mass is 35.5. The number of hydrogen-bond donors (Lipinski definition) is 1. The van der Waals surface area contributed by atoms with E-state index < -0.39 is 4.92 Å². The van der Waals surface area contributed by atoms with E-state index in [4.69, 9.17) is 11.6 Å². The number of nitro benzene ring substituents is 1. The smallest absolute Gasteiger partial charge is 0.288 e. The molecule has 24 heavy (non-hydrogen) atoms. The monoisotopic (exact) mass is 409 g/mol. The van der Waals surface area contributed by atoms with E-state index in [0.717, 1.165) is 31.7 Å². The molecule has 0 amide bonds. The molecule has 1 aliphatic heterocycles. The molecule has 1 atom stereocenters. The number of nitrogens with zero attached hydrogens (tertiary/aromatic N) is 2. The summed E-state index contributed by atoms with van der Waals surface area (Å²) in [6.07, 6.45) is 0. The van der Waals surface area contributed by atoms with E-state index in [1.165, 1.54) is 4.88 Å². The van der Waals surface area contributed by atoms with Crippen molar-refractivity contribution in [2.24, 2.45) is 0 Å². The van der Waals surface area contributed by atoms with E-state index in [-0.39, 0.29) is 41.6 Å². The number of hydrogen-bond acceptors (Lipinski definition) is 5. The highest BCUT2D eigenvalue weighted by Crippen LogP contribution is 2.35. The molecule has 0 saturated carbocycles. The van der Waals surface area contributed by atoms with Crippen LogP contribution in [0, 0.1) is 10.1 Å². The molecule has 1 N–H and O–H groups in total. The average Bonchev–Trinajstić information content (AvgIpc) is 3.04. The number of halogens is 3. The summed E-state index contributed by atoms with van der Waals surface area (Å²) in [4.78, 5) is 14.3. The van der Waals surface area contributed by atoms with Gasteiger partial charge in [0, 0.05) is 37.1 Å². The van der Waals surface area contributed by atoms with Crippen LogP contribution in [0.3, 0.4) is 0 Å². The minimum Gasteiger partial charge on any atom is -0.314 e. The molecule has 1 aromatic carbocycles. The van der Waals surface area contributed by atoms with Crippen LogP contribution in [-0.2, 0) is 0 Å². The molecule has 1 aromatic heterocycles. The Bertz CT molecular complexity index is 664. The number of nitro groups is 1.